The smallest absolute Gasteiger partial charge is 0.276 e. The molecule has 1 N–H and O–H groups in total. The highest BCUT2D eigenvalue weighted by Crippen LogP contribution is 2.22. The first-order chi connectivity index (χ1) is 12.6. The standard InChI is InChI=1S/C20H15BrN4O/c1-13-8-9-14-4-2-7-17(19(14)22-13)23-20(26)18-10-11-25(24-18)16-6-3-5-15(21)12-16/h2-12H,1H3,(H,23,26). The highest BCUT2D eigenvalue weighted by molar-refractivity contribution is 9.10. The van der Waals surface area contributed by atoms with Crippen LogP contribution in [0.4, 0.5) is 5.69 Å². The molecule has 1 amide bonds. The van der Waals surface area contributed by atoms with Gasteiger partial charge in [-0.1, -0.05) is 40.2 Å². The molecule has 4 aromatic rings. The van der Waals surface area contributed by atoms with Gasteiger partial charge in [-0.25, -0.2) is 4.68 Å². The zero-order valence-corrected chi connectivity index (χ0v) is 15.6. The van der Waals surface area contributed by atoms with Gasteiger partial charge in [0.15, 0.2) is 5.69 Å². The minimum atomic E-state index is -0.269. The molecule has 2 heterocycles. The molecule has 128 valence electrons. The van der Waals surface area contributed by atoms with Crippen LogP contribution in [0, 0.1) is 6.92 Å². The third-order valence-electron chi connectivity index (χ3n) is 4.00. The van der Waals surface area contributed by atoms with Crippen molar-refractivity contribution in [3.63, 3.8) is 0 Å². The molecule has 0 saturated heterocycles. The number of fused-ring (bicyclic) bond motifs is 1. The first kappa shape index (κ1) is 16.5. The van der Waals surface area contributed by atoms with Gasteiger partial charge in [0, 0.05) is 21.7 Å². The molecular weight excluding hydrogens is 392 g/mol. The number of nitrogens with one attached hydrogen (secondary N) is 1. The van der Waals surface area contributed by atoms with Gasteiger partial charge in [-0.05, 0) is 43.3 Å². The zero-order valence-electron chi connectivity index (χ0n) is 14.0. The second-order valence-corrected chi connectivity index (χ2v) is 6.83. The molecule has 2 aromatic heterocycles. The fourth-order valence-corrected chi connectivity index (χ4v) is 3.13. The van der Waals surface area contributed by atoms with E-state index in [1.165, 1.54) is 0 Å². The average molecular weight is 407 g/mol. The Balaban J connectivity index is 1.63. The third-order valence-corrected chi connectivity index (χ3v) is 4.50. The van der Waals surface area contributed by atoms with Crippen molar-refractivity contribution in [2.45, 2.75) is 6.92 Å². The van der Waals surface area contributed by atoms with Gasteiger partial charge >= 0.3 is 0 Å². The summed E-state index contributed by atoms with van der Waals surface area (Å²) in [6, 6.07) is 19.1. The number of nitrogens with zero attached hydrogens (tertiary/aromatic N) is 3. The van der Waals surface area contributed by atoms with E-state index in [1.807, 2.05) is 61.5 Å². The molecule has 0 saturated carbocycles. The monoisotopic (exact) mass is 406 g/mol. The van der Waals surface area contributed by atoms with Crippen LogP contribution in [-0.2, 0) is 0 Å². The molecule has 2 aromatic carbocycles. The Morgan fingerprint density at radius 3 is 2.77 bits per heavy atom. The third kappa shape index (κ3) is 3.23. The Kier molecular flexibility index (Phi) is 4.26. The van der Waals surface area contributed by atoms with Crippen molar-refractivity contribution in [3.8, 4) is 5.69 Å². The van der Waals surface area contributed by atoms with E-state index in [-0.39, 0.29) is 5.91 Å². The summed E-state index contributed by atoms with van der Waals surface area (Å²) in [5, 5.41) is 8.28. The van der Waals surface area contributed by atoms with Crippen molar-refractivity contribution in [1.29, 1.82) is 0 Å². The molecular formula is C20H15BrN4O. The van der Waals surface area contributed by atoms with Gasteiger partial charge in [-0.2, -0.15) is 5.10 Å². The summed E-state index contributed by atoms with van der Waals surface area (Å²) < 4.78 is 2.62. The van der Waals surface area contributed by atoms with Crippen LogP contribution in [0.15, 0.2) is 71.3 Å². The number of carbonyl (C=O) groups is 1. The lowest BCUT2D eigenvalue weighted by Crippen LogP contribution is -2.13. The first-order valence-electron chi connectivity index (χ1n) is 8.09. The number of carbonyl (C=O) groups excluding carboxylic acids is 1. The number of halogens is 1. The number of rotatable bonds is 3. The highest BCUT2D eigenvalue weighted by atomic mass is 79.9. The van der Waals surface area contributed by atoms with Crippen LogP contribution in [0.2, 0.25) is 0 Å². The summed E-state index contributed by atoms with van der Waals surface area (Å²) in [6.45, 7) is 1.93. The van der Waals surface area contributed by atoms with Crippen LogP contribution < -0.4 is 5.32 Å². The predicted molar refractivity (Wildman–Crippen MR) is 106 cm³/mol. The summed E-state index contributed by atoms with van der Waals surface area (Å²) in [6.07, 6.45) is 1.77. The first-order valence-corrected chi connectivity index (χ1v) is 8.89. The summed E-state index contributed by atoms with van der Waals surface area (Å²) in [5.41, 5.74) is 3.56. The quantitative estimate of drug-likeness (QED) is 0.534. The number of hydrogen-bond acceptors (Lipinski definition) is 3. The second-order valence-electron chi connectivity index (χ2n) is 5.91. The second kappa shape index (κ2) is 6.72. The molecule has 0 aliphatic carbocycles. The molecule has 0 bridgehead atoms. The molecule has 6 heteroatoms. The maximum absolute atomic E-state index is 12.6. The van der Waals surface area contributed by atoms with Crippen LogP contribution in [0.1, 0.15) is 16.2 Å². The molecule has 0 fully saturated rings. The van der Waals surface area contributed by atoms with Gasteiger partial charge in [0.25, 0.3) is 5.91 Å². The van der Waals surface area contributed by atoms with E-state index in [1.54, 1.807) is 16.9 Å². The lowest BCUT2D eigenvalue weighted by molar-refractivity contribution is 0.102. The predicted octanol–water partition coefficient (Wildman–Crippen LogP) is 4.74. The number of para-hydroxylation sites is 1. The average Bonchev–Trinajstić information content (AvgIpc) is 3.12. The van der Waals surface area contributed by atoms with Gasteiger partial charge in [0.1, 0.15) is 0 Å². The van der Waals surface area contributed by atoms with Crippen LogP contribution in [0.3, 0.4) is 0 Å². The summed E-state index contributed by atoms with van der Waals surface area (Å²) in [4.78, 5) is 17.2. The van der Waals surface area contributed by atoms with E-state index < -0.39 is 0 Å². The fourth-order valence-electron chi connectivity index (χ4n) is 2.74. The summed E-state index contributed by atoms with van der Waals surface area (Å²) >= 11 is 3.44. The maximum Gasteiger partial charge on any atom is 0.276 e. The molecule has 26 heavy (non-hydrogen) atoms. The maximum atomic E-state index is 12.6. The molecule has 0 atom stereocenters. The number of pyridine rings is 1. The number of aromatic nitrogens is 3. The Morgan fingerprint density at radius 2 is 1.92 bits per heavy atom. The highest BCUT2D eigenvalue weighted by Gasteiger charge is 2.13. The van der Waals surface area contributed by atoms with E-state index in [0.29, 0.717) is 11.4 Å². The van der Waals surface area contributed by atoms with Gasteiger partial charge in [0.2, 0.25) is 0 Å². The Morgan fingerprint density at radius 1 is 1.08 bits per heavy atom. The molecule has 5 nitrogen and oxygen atoms in total. The van der Waals surface area contributed by atoms with E-state index in [2.05, 4.69) is 31.3 Å². The molecule has 0 aliphatic heterocycles. The fraction of sp³-hybridized carbons (Fsp3) is 0.0500. The lowest BCUT2D eigenvalue weighted by atomic mass is 10.1. The number of hydrogen-bond donors (Lipinski definition) is 1. The van der Waals surface area contributed by atoms with Crippen molar-refractivity contribution in [2.75, 3.05) is 5.32 Å². The van der Waals surface area contributed by atoms with Crippen molar-refractivity contribution < 1.29 is 4.79 Å². The number of amides is 1. The molecule has 4 rings (SSSR count). The Hall–Kier alpha value is -2.99. The van der Waals surface area contributed by atoms with E-state index in [9.17, 15) is 4.79 Å². The molecule has 0 unspecified atom stereocenters. The summed E-state index contributed by atoms with van der Waals surface area (Å²) in [7, 11) is 0. The zero-order chi connectivity index (χ0) is 18.1. The minimum absolute atomic E-state index is 0.269. The Labute approximate surface area is 158 Å². The lowest BCUT2D eigenvalue weighted by Gasteiger charge is -2.07. The van der Waals surface area contributed by atoms with E-state index in [0.717, 1.165) is 26.8 Å². The number of benzene rings is 2. The van der Waals surface area contributed by atoms with Gasteiger partial charge in [-0.15, -0.1) is 0 Å². The van der Waals surface area contributed by atoms with Crippen molar-refractivity contribution >= 4 is 38.4 Å². The van der Waals surface area contributed by atoms with E-state index in [4.69, 9.17) is 0 Å². The summed E-state index contributed by atoms with van der Waals surface area (Å²) in [5.74, 6) is -0.269. The van der Waals surface area contributed by atoms with Gasteiger partial charge in [-0.3, -0.25) is 9.78 Å². The largest absolute Gasteiger partial charge is 0.319 e. The van der Waals surface area contributed by atoms with Crippen LogP contribution in [0.5, 0.6) is 0 Å². The van der Waals surface area contributed by atoms with Crippen molar-refractivity contribution in [3.05, 3.63) is 82.7 Å². The van der Waals surface area contributed by atoms with Crippen molar-refractivity contribution in [1.82, 2.24) is 14.8 Å². The topological polar surface area (TPSA) is 59.8 Å². The minimum Gasteiger partial charge on any atom is -0.319 e. The SMILES string of the molecule is Cc1ccc2cccc(NC(=O)c3ccn(-c4cccc(Br)c4)n3)c2n1. The molecule has 0 aliphatic rings. The van der Waals surface area contributed by atoms with Gasteiger partial charge < -0.3 is 5.32 Å². The number of anilines is 1. The Bertz CT molecular complexity index is 1120. The van der Waals surface area contributed by atoms with Crippen LogP contribution in [-0.4, -0.2) is 20.7 Å². The molecule has 0 spiro atoms. The van der Waals surface area contributed by atoms with E-state index >= 15 is 0 Å². The van der Waals surface area contributed by atoms with Gasteiger partial charge in [0.05, 0.1) is 16.9 Å². The molecule has 0 radical (unpaired) electrons. The normalized spacial score (nSPS) is 10.8. The van der Waals surface area contributed by atoms with Crippen molar-refractivity contribution in [2.24, 2.45) is 0 Å². The van der Waals surface area contributed by atoms with Crippen LogP contribution >= 0.6 is 15.9 Å². The number of aryl methyl sites for hydroxylation is 1. The van der Waals surface area contributed by atoms with Crippen LogP contribution in [0.25, 0.3) is 16.6 Å².